The lowest BCUT2D eigenvalue weighted by Gasteiger charge is -2.12. The molecule has 0 aromatic carbocycles. The summed E-state index contributed by atoms with van der Waals surface area (Å²) in [5.74, 6) is -0.465. The van der Waals surface area contributed by atoms with Gasteiger partial charge in [-0.25, -0.2) is 9.78 Å². The Bertz CT molecular complexity index is 953. The molecular formula is C25H40FN5O6. The summed E-state index contributed by atoms with van der Waals surface area (Å²) in [5.41, 5.74) is 0.365. The molecule has 2 N–H and O–H groups in total. The number of rotatable bonds is 19. The van der Waals surface area contributed by atoms with Crippen LogP contribution in [-0.4, -0.2) is 69.7 Å². The number of hydrogen-bond acceptors (Lipinski definition) is 9. The highest BCUT2D eigenvalue weighted by atomic mass is 19.1. The molecule has 2 heterocycles. The van der Waals surface area contributed by atoms with E-state index in [1.165, 1.54) is 52.0 Å². The summed E-state index contributed by atoms with van der Waals surface area (Å²) in [6.07, 6.45) is 10.4. The number of amides is 1. The van der Waals surface area contributed by atoms with E-state index in [-0.39, 0.29) is 48.9 Å². The van der Waals surface area contributed by atoms with Crippen LogP contribution in [0.1, 0.15) is 77.6 Å². The second-order valence-corrected chi connectivity index (χ2v) is 8.84. The van der Waals surface area contributed by atoms with Crippen molar-refractivity contribution in [2.24, 2.45) is 0 Å². The van der Waals surface area contributed by atoms with Crippen molar-refractivity contribution in [1.82, 2.24) is 19.5 Å². The number of nitrogens with zero attached hydrogens (tertiary/aromatic N) is 4. The predicted octanol–water partition coefficient (Wildman–Crippen LogP) is 4.38. The van der Waals surface area contributed by atoms with Crippen molar-refractivity contribution in [3.8, 4) is 0 Å². The molecule has 2 aromatic rings. The molecule has 1 amide bonds. The third-order valence-corrected chi connectivity index (χ3v) is 5.95. The minimum atomic E-state index is -1.04. The van der Waals surface area contributed by atoms with E-state index in [9.17, 15) is 19.1 Å². The van der Waals surface area contributed by atoms with E-state index in [2.05, 4.69) is 27.2 Å². The highest BCUT2D eigenvalue weighted by Crippen LogP contribution is 2.19. The normalized spacial score (nSPS) is 12.0. The van der Waals surface area contributed by atoms with Crippen LogP contribution in [0.3, 0.4) is 0 Å². The fraction of sp³-hybridized carbons (Fsp3) is 0.720. The van der Waals surface area contributed by atoms with Crippen molar-refractivity contribution in [2.75, 3.05) is 32.2 Å². The summed E-state index contributed by atoms with van der Waals surface area (Å²) in [4.78, 5) is 35.5. The number of carbonyl (C=O) groups excluding carboxylic acids is 2. The monoisotopic (exact) mass is 525 g/mol. The first kappa shape index (κ1) is 30.4. The molecule has 2 aromatic heterocycles. The number of unbranched alkanes of at least 4 members (excludes halogenated alkanes) is 8. The van der Waals surface area contributed by atoms with Crippen molar-refractivity contribution in [1.29, 1.82) is 0 Å². The van der Waals surface area contributed by atoms with Crippen molar-refractivity contribution < 1.29 is 33.3 Å². The summed E-state index contributed by atoms with van der Waals surface area (Å²) in [6, 6.07) is 0. The van der Waals surface area contributed by atoms with Gasteiger partial charge in [0.2, 0.25) is 0 Å². The van der Waals surface area contributed by atoms with Crippen LogP contribution >= 0.6 is 0 Å². The predicted molar refractivity (Wildman–Crippen MR) is 136 cm³/mol. The summed E-state index contributed by atoms with van der Waals surface area (Å²) in [6.45, 7) is 2.19. The molecule has 0 spiro atoms. The number of ether oxygens (including phenoxy) is 3. The van der Waals surface area contributed by atoms with E-state index in [0.717, 1.165) is 19.3 Å². The summed E-state index contributed by atoms with van der Waals surface area (Å²) in [5, 5.41) is 11.6. The Balaban J connectivity index is 1.67. The highest BCUT2D eigenvalue weighted by molar-refractivity contribution is 5.93. The number of fused-ring (bicyclic) bond motifs is 1. The van der Waals surface area contributed by atoms with Gasteiger partial charge in [-0.2, -0.15) is 14.4 Å². The Morgan fingerprint density at radius 3 is 2.41 bits per heavy atom. The van der Waals surface area contributed by atoms with Gasteiger partial charge in [0.15, 0.2) is 17.0 Å². The van der Waals surface area contributed by atoms with Crippen LogP contribution < -0.4 is 5.32 Å². The Hall–Kier alpha value is -2.86. The second-order valence-electron chi connectivity index (χ2n) is 8.84. The number of hydrogen-bond donors (Lipinski definition) is 2. The Morgan fingerprint density at radius 1 is 1.05 bits per heavy atom. The largest absolute Gasteiger partial charge is 0.462 e. The average Bonchev–Trinajstić information content (AvgIpc) is 3.29. The number of imidazole rings is 1. The lowest BCUT2D eigenvalue weighted by molar-refractivity contribution is -0.144. The van der Waals surface area contributed by atoms with Gasteiger partial charge in [-0.05, 0) is 12.8 Å². The van der Waals surface area contributed by atoms with Gasteiger partial charge in [-0.3, -0.25) is 10.1 Å². The molecule has 208 valence electrons. The van der Waals surface area contributed by atoms with Crippen LogP contribution in [0.15, 0.2) is 6.33 Å². The third-order valence-electron chi connectivity index (χ3n) is 5.95. The van der Waals surface area contributed by atoms with Crippen LogP contribution in [0, 0.1) is 6.08 Å². The fourth-order valence-electron chi connectivity index (χ4n) is 3.81. The number of aromatic nitrogens is 4. The number of aliphatic hydroxyl groups excluding tert-OH is 1. The first-order chi connectivity index (χ1) is 18.0. The van der Waals surface area contributed by atoms with Gasteiger partial charge < -0.3 is 23.9 Å². The van der Waals surface area contributed by atoms with E-state index >= 15 is 0 Å². The molecule has 2 rings (SSSR count). The maximum absolute atomic E-state index is 14.0. The van der Waals surface area contributed by atoms with E-state index in [1.54, 1.807) is 4.57 Å². The van der Waals surface area contributed by atoms with Crippen LogP contribution in [0.25, 0.3) is 11.2 Å². The van der Waals surface area contributed by atoms with E-state index in [1.807, 2.05) is 0 Å². The number of halogens is 1. The van der Waals surface area contributed by atoms with E-state index < -0.39 is 12.2 Å². The fourth-order valence-corrected chi connectivity index (χ4v) is 3.81. The minimum absolute atomic E-state index is 0.0720. The lowest BCUT2D eigenvalue weighted by Crippen LogP contribution is -2.19. The standard InChI is InChI=1S/C25H40FN5O6/c1-3-4-5-6-7-8-9-10-11-12-20(33)36-15-16-37-25(34)29-22-21-23(30-24(26)28-22)31(18-27-21)14-13-19(17-32)35-2/h18-19,32H,3-17H2,1-2H3,(H,28,29,30,34). The summed E-state index contributed by atoms with van der Waals surface area (Å²) < 4.78 is 30.8. The molecule has 37 heavy (non-hydrogen) atoms. The molecule has 1 unspecified atom stereocenters. The van der Waals surface area contributed by atoms with Crippen molar-refractivity contribution in [2.45, 2.75) is 90.2 Å². The van der Waals surface area contributed by atoms with Gasteiger partial charge in [0.25, 0.3) is 0 Å². The van der Waals surface area contributed by atoms with Crippen LogP contribution in [0.5, 0.6) is 0 Å². The molecule has 0 radical (unpaired) electrons. The molecule has 1 atom stereocenters. The minimum Gasteiger partial charge on any atom is -0.462 e. The SMILES string of the molecule is CCCCCCCCCCCC(=O)OCCOC(=O)Nc1nc(F)nc2c1ncn2CCC(CO)OC. The zero-order chi connectivity index (χ0) is 26.9. The Kier molecular flexibility index (Phi) is 14.4. The maximum Gasteiger partial charge on any atom is 0.412 e. The van der Waals surface area contributed by atoms with Gasteiger partial charge in [0.05, 0.1) is 19.0 Å². The number of methoxy groups -OCH3 is 1. The molecular weight excluding hydrogens is 485 g/mol. The first-order valence-electron chi connectivity index (χ1n) is 13.1. The van der Waals surface area contributed by atoms with E-state index in [0.29, 0.717) is 19.4 Å². The van der Waals surface area contributed by atoms with Crippen LogP contribution in [-0.2, 0) is 25.5 Å². The topological polar surface area (TPSA) is 138 Å². The van der Waals surface area contributed by atoms with Crippen molar-refractivity contribution in [3.63, 3.8) is 0 Å². The number of nitrogens with one attached hydrogen (secondary N) is 1. The second kappa shape index (κ2) is 17.6. The van der Waals surface area contributed by atoms with Crippen LogP contribution in [0.4, 0.5) is 15.0 Å². The van der Waals surface area contributed by atoms with Gasteiger partial charge in [0, 0.05) is 20.1 Å². The Labute approximate surface area is 217 Å². The average molecular weight is 526 g/mol. The summed E-state index contributed by atoms with van der Waals surface area (Å²) in [7, 11) is 1.49. The van der Waals surface area contributed by atoms with Crippen LogP contribution in [0.2, 0.25) is 0 Å². The number of anilines is 1. The molecule has 0 fully saturated rings. The zero-order valence-corrected chi connectivity index (χ0v) is 21.9. The van der Waals surface area contributed by atoms with Crippen molar-refractivity contribution >= 4 is 29.0 Å². The number of aryl methyl sites for hydroxylation is 1. The zero-order valence-electron chi connectivity index (χ0n) is 21.9. The maximum atomic E-state index is 14.0. The lowest BCUT2D eigenvalue weighted by atomic mass is 10.1. The Morgan fingerprint density at radius 2 is 1.73 bits per heavy atom. The number of carbonyl (C=O) groups is 2. The quantitative estimate of drug-likeness (QED) is 0.155. The van der Waals surface area contributed by atoms with E-state index in [4.69, 9.17) is 14.2 Å². The number of esters is 1. The third kappa shape index (κ3) is 11.4. The molecule has 0 aliphatic carbocycles. The van der Waals surface area contributed by atoms with Gasteiger partial charge in [0.1, 0.15) is 13.2 Å². The number of aliphatic hydroxyl groups is 1. The molecule has 0 aliphatic heterocycles. The van der Waals surface area contributed by atoms with Gasteiger partial charge in [-0.1, -0.05) is 58.3 Å². The first-order valence-corrected chi connectivity index (χ1v) is 13.1. The summed E-state index contributed by atoms with van der Waals surface area (Å²) >= 11 is 0. The van der Waals surface area contributed by atoms with Gasteiger partial charge >= 0.3 is 18.1 Å². The van der Waals surface area contributed by atoms with Crippen molar-refractivity contribution in [3.05, 3.63) is 12.4 Å². The molecule has 11 nitrogen and oxygen atoms in total. The highest BCUT2D eigenvalue weighted by Gasteiger charge is 2.17. The molecule has 0 bridgehead atoms. The molecule has 0 saturated carbocycles. The molecule has 0 aliphatic rings. The smallest absolute Gasteiger partial charge is 0.412 e. The molecule has 12 heteroatoms. The molecule has 0 saturated heterocycles. The van der Waals surface area contributed by atoms with Gasteiger partial charge in [-0.15, -0.1) is 0 Å².